The van der Waals surface area contributed by atoms with E-state index in [1.54, 1.807) is 37.3 Å². The first-order valence-corrected chi connectivity index (χ1v) is 10.5. The number of rotatable bonds is 9. The number of nitrogens with zero attached hydrogens (tertiary/aromatic N) is 2. The van der Waals surface area contributed by atoms with Crippen LogP contribution in [0.2, 0.25) is 0 Å². The van der Waals surface area contributed by atoms with Crippen LogP contribution in [0.5, 0.6) is 11.5 Å². The van der Waals surface area contributed by atoms with E-state index in [0.29, 0.717) is 33.9 Å². The zero-order valence-corrected chi connectivity index (χ0v) is 19.3. The summed E-state index contributed by atoms with van der Waals surface area (Å²) in [6.45, 7) is 5.45. The SMILES string of the molecule is C=CCOC(=O)C1=C(C)N(Cc2ccc([N+](=O)[O-])cc2)C(=O)C[C@H]1c1cc(OC)ccc1OC. The first-order valence-electron chi connectivity index (χ1n) is 10.5. The Morgan fingerprint density at radius 3 is 2.50 bits per heavy atom. The van der Waals surface area contributed by atoms with E-state index in [4.69, 9.17) is 14.2 Å². The molecule has 2 aromatic rings. The van der Waals surface area contributed by atoms with Crippen LogP contribution in [0.15, 0.2) is 66.4 Å². The minimum Gasteiger partial charge on any atom is -0.497 e. The van der Waals surface area contributed by atoms with Gasteiger partial charge in [0.25, 0.3) is 5.69 Å². The molecule has 0 aromatic heterocycles. The van der Waals surface area contributed by atoms with Crippen molar-refractivity contribution in [1.29, 1.82) is 0 Å². The number of ether oxygens (including phenoxy) is 3. The molecule has 0 bridgehead atoms. The number of methoxy groups -OCH3 is 2. The molecule has 0 saturated carbocycles. The Morgan fingerprint density at radius 2 is 1.91 bits per heavy atom. The maximum absolute atomic E-state index is 13.2. The number of carbonyl (C=O) groups excluding carboxylic acids is 2. The summed E-state index contributed by atoms with van der Waals surface area (Å²) in [6.07, 6.45) is 1.48. The second kappa shape index (κ2) is 10.7. The summed E-state index contributed by atoms with van der Waals surface area (Å²) < 4.78 is 16.2. The van der Waals surface area contributed by atoms with Crippen LogP contribution >= 0.6 is 0 Å². The third-order valence-electron chi connectivity index (χ3n) is 5.68. The maximum atomic E-state index is 13.2. The number of nitro benzene ring substituents is 1. The Balaban J connectivity index is 2.06. The highest BCUT2D eigenvalue weighted by Crippen LogP contribution is 2.42. The zero-order chi connectivity index (χ0) is 24.8. The molecular formula is C25H26N2O7. The van der Waals surface area contributed by atoms with Crippen LogP contribution in [0.4, 0.5) is 5.69 Å². The summed E-state index contributed by atoms with van der Waals surface area (Å²) in [5.74, 6) is -0.292. The van der Waals surface area contributed by atoms with Crippen molar-refractivity contribution in [2.45, 2.75) is 25.8 Å². The van der Waals surface area contributed by atoms with Gasteiger partial charge < -0.3 is 19.1 Å². The first-order chi connectivity index (χ1) is 16.3. The van der Waals surface area contributed by atoms with Gasteiger partial charge in [0.2, 0.25) is 5.91 Å². The molecule has 0 spiro atoms. The van der Waals surface area contributed by atoms with Gasteiger partial charge in [-0.1, -0.05) is 24.8 Å². The van der Waals surface area contributed by atoms with Crippen molar-refractivity contribution in [3.8, 4) is 11.5 Å². The van der Waals surface area contributed by atoms with Crippen LogP contribution in [-0.4, -0.2) is 42.5 Å². The fraction of sp³-hybridized carbons (Fsp3) is 0.280. The normalized spacial score (nSPS) is 15.7. The van der Waals surface area contributed by atoms with Crippen molar-refractivity contribution in [2.75, 3.05) is 20.8 Å². The van der Waals surface area contributed by atoms with Crippen molar-refractivity contribution in [2.24, 2.45) is 0 Å². The average molecular weight is 466 g/mol. The number of nitro groups is 1. The second-order valence-corrected chi connectivity index (χ2v) is 7.65. The van der Waals surface area contributed by atoms with Gasteiger partial charge in [-0.05, 0) is 30.7 Å². The molecule has 0 radical (unpaired) electrons. The largest absolute Gasteiger partial charge is 0.497 e. The van der Waals surface area contributed by atoms with E-state index in [0.717, 1.165) is 0 Å². The van der Waals surface area contributed by atoms with Gasteiger partial charge in [-0.3, -0.25) is 14.9 Å². The van der Waals surface area contributed by atoms with Crippen LogP contribution in [0.3, 0.4) is 0 Å². The lowest BCUT2D eigenvalue weighted by molar-refractivity contribution is -0.384. The predicted molar refractivity (Wildman–Crippen MR) is 124 cm³/mol. The molecular weight excluding hydrogens is 440 g/mol. The number of non-ortho nitro benzene ring substituents is 1. The number of hydrogen-bond acceptors (Lipinski definition) is 7. The molecule has 178 valence electrons. The van der Waals surface area contributed by atoms with Crippen LogP contribution in [-0.2, 0) is 20.9 Å². The Labute approximate surface area is 197 Å². The summed E-state index contributed by atoms with van der Waals surface area (Å²) in [5.41, 5.74) is 2.05. The zero-order valence-electron chi connectivity index (χ0n) is 19.3. The van der Waals surface area contributed by atoms with Gasteiger partial charge in [-0.15, -0.1) is 0 Å². The molecule has 2 aromatic carbocycles. The number of allylic oxidation sites excluding steroid dienone is 1. The monoisotopic (exact) mass is 466 g/mol. The molecule has 9 heteroatoms. The van der Waals surface area contributed by atoms with E-state index < -0.39 is 16.8 Å². The highest BCUT2D eigenvalue weighted by atomic mass is 16.6. The van der Waals surface area contributed by atoms with E-state index in [1.807, 2.05) is 0 Å². The molecule has 3 rings (SSSR count). The molecule has 1 aliphatic heterocycles. The third kappa shape index (κ3) is 5.09. The molecule has 0 saturated heterocycles. The lowest BCUT2D eigenvalue weighted by Crippen LogP contribution is -2.38. The number of hydrogen-bond donors (Lipinski definition) is 0. The minimum atomic E-state index is -0.608. The molecule has 0 N–H and O–H groups in total. The molecule has 0 fully saturated rings. The van der Waals surface area contributed by atoms with Gasteiger partial charge in [-0.25, -0.2) is 4.79 Å². The van der Waals surface area contributed by atoms with Gasteiger partial charge in [-0.2, -0.15) is 0 Å². The lowest BCUT2D eigenvalue weighted by Gasteiger charge is -2.35. The van der Waals surface area contributed by atoms with Gasteiger partial charge in [0.15, 0.2) is 0 Å². The molecule has 0 unspecified atom stereocenters. The van der Waals surface area contributed by atoms with Crippen LogP contribution in [0, 0.1) is 10.1 Å². The Hall–Kier alpha value is -4.14. The highest BCUT2D eigenvalue weighted by Gasteiger charge is 2.38. The van der Waals surface area contributed by atoms with Crippen molar-refractivity contribution < 1.29 is 28.7 Å². The molecule has 0 aliphatic carbocycles. The number of esters is 1. The first kappa shape index (κ1) is 24.5. The van der Waals surface area contributed by atoms with Gasteiger partial charge in [0.1, 0.15) is 18.1 Å². The topological polar surface area (TPSA) is 108 Å². The third-order valence-corrected chi connectivity index (χ3v) is 5.68. The van der Waals surface area contributed by atoms with Crippen LogP contribution in [0.1, 0.15) is 30.4 Å². The van der Waals surface area contributed by atoms with Crippen molar-refractivity contribution in [3.05, 3.63) is 87.6 Å². The van der Waals surface area contributed by atoms with E-state index in [-0.39, 0.29) is 31.2 Å². The Morgan fingerprint density at radius 1 is 1.21 bits per heavy atom. The summed E-state index contributed by atoms with van der Waals surface area (Å²) in [4.78, 5) is 38.3. The minimum absolute atomic E-state index is 0.00632. The fourth-order valence-electron chi connectivity index (χ4n) is 3.96. The van der Waals surface area contributed by atoms with Gasteiger partial charge in [0.05, 0.1) is 31.3 Å². The van der Waals surface area contributed by atoms with Gasteiger partial charge >= 0.3 is 5.97 Å². The fourth-order valence-corrected chi connectivity index (χ4v) is 3.96. The number of amides is 1. The summed E-state index contributed by atoms with van der Waals surface area (Å²) in [7, 11) is 3.05. The van der Waals surface area contributed by atoms with Crippen molar-refractivity contribution >= 4 is 17.6 Å². The van der Waals surface area contributed by atoms with E-state index in [2.05, 4.69) is 6.58 Å². The molecule has 1 atom stereocenters. The lowest BCUT2D eigenvalue weighted by atomic mass is 9.83. The smallest absolute Gasteiger partial charge is 0.336 e. The van der Waals surface area contributed by atoms with E-state index in [1.165, 1.54) is 37.3 Å². The highest BCUT2D eigenvalue weighted by molar-refractivity contribution is 5.96. The second-order valence-electron chi connectivity index (χ2n) is 7.65. The Bertz CT molecular complexity index is 1140. The van der Waals surface area contributed by atoms with Crippen molar-refractivity contribution in [3.63, 3.8) is 0 Å². The van der Waals surface area contributed by atoms with Crippen molar-refractivity contribution in [1.82, 2.24) is 4.90 Å². The molecule has 9 nitrogen and oxygen atoms in total. The van der Waals surface area contributed by atoms with Crippen LogP contribution < -0.4 is 9.47 Å². The van der Waals surface area contributed by atoms with E-state index in [9.17, 15) is 19.7 Å². The molecule has 1 amide bonds. The van der Waals surface area contributed by atoms with Gasteiger partial charge in [0, 0.05) is 35.7 Å². The van der Waals surface area contributed by atoms with E-state index >= 15 is 0 Å². The molecule has 1 heterocycles. The predicted octanol–water partition coefficient (Wildman–Crippen LogP) is 4.13. The number of benzene rings is 2. The molecule has 1 aliphatic rings. The van der Waals surface area contributed by atoms with Crippen LogP contribution in [0.25, 0.3) is 0 Å². The summed E-state index contributed by atoms with van der Waals surface area (Å²) in [6, 6.07) is 11.1. The summed E-state index contributed by atoms with van der Waals surface area (Å²) in [5, 5.41) is 10.9. The Kier molecular flexibility index (Phi) is 7.68. The standard InChI is InChI=1S/C25H26N2O7/c1-5-12-34-25(29)24-16(2)26(15-17-6-8-18(9-7-17)27(30)31)23(28)14-21(24)20-13-19(32-3)10-11-22(20)33-4/h5-11,13,21H,1,12,14-15H2,2-4H3/t21-/m0/s1. The number of carbonyl (C=O) groups is 2. The molecule has 34 heavy (non-hydrogen) atoms. The summed E-state index contributed by atoms with van der Waals surface area (Å²) >= 11 is 0. The quantitative estimate of drug-likeness (QED) is 0.237. The maximum Gasteiger partial charge on any atom is 0.336 e. The average Bonchev–Trinajstić information content (AvgIpc) is 2.84.